The average Bonchev–Trinajstić information content (AvgIpc) is 3.08. The van der Waals surface area contributed by atoms with Crippen LogP contribution in [0.25, 0.3) is 21.3 Å². The van der Waals surface area contributed by atoms with Gasteiger partial charge >= 0.3 is 0 Å². The molecule has 2 aromatic carbocycles. The van der Waals surface area contributed by atoms with Crippen molar-refractivity contribution in [1.29, 1.82) is 5.26 Å². The average molecular weight is 412 g/mol. The van der Waals surface area contributed by atoms with Gasteiger partial charge in [0.25, 0.3) is 0 Å². The summed E-state index contributed by atoms with van der Waals surface area (Å²) < 4.78 is 53.8. The number of sulfone groups is 1. The van der Waals surface area contributed by atoms with Crippen LogP contribution in [0.5, 0.6) is 0 Å². The molecular weight excluding hydrogens is 402 g/mol. The maximum atomic E-state index is 13.9. The van der Waals surface area contributed by atoms with Gasteiger partial charge in [-0.2, -0.15) is 5.26 Å². The molecule has 2 heterocycles. The molecule has 138 valence electrons. The Morgan fingerprint density at radius 1 is 1.00 bits per heavy atom. The fraction of sp³-hybridized carbons (Fsp3) is 0. The molecule has 0 bridgehead atoms. The number of fused-ring (bicyclic) bond motifs is 1. The first-order valence-electron chi connectivity index (χ1n) is 7.99. The largest absolute Gasteiger partial charge is 0.245 e. The highest BCUT2D eigenvalue weighted by Gasteiger charge is 2.28. The van der Waals surface area contributed by atoms with Crippen LogP contribution in [-0.4, -0.2) is 13.4 Å². The Kier molecular flexibility index (Phi) is 4.41. The molecule has 0 spiro atoms. The van der Waals surface area contributed by atoms with Crippen molar-refractivity contribution in [2.75, 3.05) is 0 Å². The van der Waals surface area contributed by atoms with Crippen LogP contribution in [-0.2, 0) is 9.84 Å². The van der Waals surface area contributed by atoms with Gasteiger partial charge in [0.1, 0.15) is 20.7 Å². The third-order valence-corrected chi connectivity index (χ3v) is 7.49. The highest BCUT2D eigenvalue weighted by atomic mass is 32.2. The molecule has 0 fully saturated rings. The maximum Gasteiger partial charge on any atom is 0.216 e. The zero-order valence-corrected chi connectivity index (χ0v) is 15.7. The molecule has 4 aromatic rings. The summed E-state index contributed by atoms with van der Waals surface area (Å²) in [5.41, 5.74) is 0.771. The van der Waals surface area contributed by atoms with Crippen LogP contribution < -0.4 is 0 Å². The minimum Gasteiger partial charge on any atom is -0.245 e. The quantitative estimate of drug-likeness (QED) is 0.478. The second-order valence-corrected chi connectivity index (χ2v) is 9.06. The minimum atomic E-state index is -4.15. The van der Waals surface area contributed by atoms with Crippen LogP contribution in [0.3, 0.4) is 0 Å². The van der Waals surface area contributed by atoms with E-state index in [1.54, 1.807) is 24.4 Å². The maximum absolute atomic E-state index is 13.9. The smallest absolute Gasteiger partial charge is 0.216 e. The number of thiophene rings is 1. The van der Waals surface area contributed by atoms with Crippen LogP contribution in [0, 0.1) is 23.0 Å². The number of hydrogen-bond donors (Lipinski definition) is 0. The van der Waals surface area contributed by atoms with Crippen molar-refractivity contribution < 1.29 is 17.2 Å². The molecule has 0 aliphatic carbocycles. The lowest BCUT2D eigenvalue weighted by Crippen LogP contribution is -2.03. The summed E-state index contributed by atoms with van der Waals surface area (Å²) in [6.45, 7) is 0. The first-order chi connectivity index (χ1) is 13.4. The molecule has 4 nitrogen and oxygen atoms in total. The standard InChI is InChI=1S/C20H10F2N2O2S2/c21-14-5-3-13(4-6-14)18-17-2-1-7-24-19(17)27-20(18)28(25,26)16-9-12(11-23)8-15(22)10-16/h1-10H. The lowest BCUT2D eigenvalue weighted by atomic mass is 10.1. The van der Waals surface area contributed by atoms with E-state index >= 15 is 0 Å². The van der Waals surface area contributed by atoms with Gasteiger partial charge < -0.3 is 0 Å². The lowest BCUT2D eigenvalue weighted by Gasteiger charge is -2.08. The normalized spacial score (nSPS) is 11.5. The molecule has 0 atom stereocenters. The van der Waals surface area contributed by atoms with E-state index in [1.807, 2.05) is 0 Å². The minimum absolute atomic E-state index is 0.0395. The predicted molar refractivity (Wildman–Crippen MR) is 102 cm³/mol. The molecule has 0 aliphatic heterocycles. The molecule has 0 N–H and O–H groups in total. The van der Waals surface area contributed by atoms with Crippen LogP contribution in [0.2, 0.25) is 0 Å². The van der Waals surface area contributed by atoms with E-state index in [0.717, 1.165) is 29.5 Å². The van der Waals surface area contributed by atoms with Gasteiger partial charge in [-0.25, -0.2) is 22.2 Å². The van der Waals surface area contributed by atoms with Gasteiger partial charge in [-0.05, 0) is 48.0 Å². The molecule has 28 heavy (non-hydrogen) atoms. The van der Waals surface area contributed by atoms with E-state index in [9.17, 15) is 17.2 Å². The Morgan fingerprint density at radius 3 is 2.46 bits per heavy atom. The monoisotopic (exact) mass is 412 g/mol. The lowest BCUT2D eigenvalue weighted by molar-refractivity contribution is 0.592. The van der Waals surface area contributed by atoms with E-state index in [0.29, 0.717) is 21.3 Å². The number of nitriles is 1. The number of nitrogens with zero attached hydrogens (tertiary/aromatic N) is 2. The Balaban J connectivity index is 2.04. The third kappa shape index (κ3) is 3.05. The van der Waals surface area contributed by atoms with Gasteiger partial charge in [0, 0.05) is 17.1 Å². The van der Waals surface area contributed by atoms with Crippen molar-refractivity contribution in [2.45, 2.75) is 9.10 Å². The second kappa shape index (κ2) is 6.78. The van der Waals surface area contributed by atoms with Crippen molar-refractivity contribution in [2.24, 2.45) is 0 Å². The topological polar surface area (TPSA) is 70.8 Å². The summed E-state index contributed by atoms with van der Waals surface area (Å²) in [4.78, 5) is 4.38. The second-order valence-electron chi connectivity index (χ2n) is 5.92. The number of benzene rings is 2. The number of pyridine rings is 1. The summed E-state index contributed by atoms with van der Waals surface area (Å²) >= 11 is 0.946. The first-order valence-corrected chi connectivity index (χ1v) is 10.3. The fourth-order valence-electron chi connectivity index (χ4n) is 2.88. The number of hydrogen-bond acceptors (Lipinski definition) is 5. The van der Waals surface area contributed by atoms with Gasteiger partial charge in [-0.3, -0.25) is 0 Å². The molecule has 0 saturated heterocycles. The molecule has 8 heteroatoms. The van der Waals surface area contributed by atoms with Gasteiger partial charge in [0.05, 0.1) is 16.5 Å². The number of halogens is 2. The molecule has 4 rings (SSSR count). The first kappa shape index (κ1) is 18.2. The Morgan fingerprint density at radius 2 is 1.75 bits per heavy atom. The Bertz CT molecular complexity index is 1360. The summed E-state index contributed by atoms with van der Waals surface area (Å²) in [7, 11) is -4.15. The van der Waals surface area contributed by atoms with E-state index in [2.05, 4.69) is 4.98 Å². The van der Waals surface area contributed by atoms with Crippen LogP contribution >= 0.6 is 11.3 Å². The molecule has 0 amide bonds. The van der Waals surface area contributed by atoms with E-state index in [-0.39, 0.29) is 14.7 Å². The summed E-state index contributed by atoms with van der Waals surface area (Å²) in [5, 5.41) is 9.63. The van der Waals surface area contributed by atoms with Crippen molar-refractivity contribution in [3.8, 4) is 17.2 Å². The molecule has 0 unspecified atom stereocenters. The van der Waals surface area contributed by atoms with Crippen molar-refractivity contribution in [3.63, 3.8) is 0 Å². The van der Waals surface area contributed by atoms with Crippen molar-refractivity contribution >= 4 is 31.4 Å². The predicted octanol–water partition coefficient (Wildman–Crippen LogP) is 4.95. The highest BCUT2D eigenvalue weighted by Crippen LogP contribution is 2.43. The highest BCUT2D eigenvalue weighted by molar-refractivity contribution is 7.93. The molecule has 0 saturated carbocycles. The van der Waals surface area contributed by atoms with Crippen LogP contribution in [0.4, 0.5) is 8.78 Å². The van der Waals surface area contributed by atoms with Crippen molar-refractivity contribution in [1.82, 2.24) is 4.98 Å². The summed E-state index contributed by atoms with van der Waals surface area (Å²) in [6, 6.07) is 13.6. The van der Waals surface area contributed by atoms with E-state index in [1.165, 1.54) is 24.3 Å². The molecule has 0 aliphatic rings. The Labute approximate surface area is 163 Å². The van der Waals surface area contributed by atoms with Crippen molar-refractivity contribution in [3.05, 3.63) is 78.0 Å². The number of rotatable bonds is 3. The number of aromatic nitrogens is 1. The van der Waals surface area contributed by atoms with Crippen LogP contribution in [0.15, 0.2) is 69.9 Å². The van der Waals surface area contributed by atoms with Gasteiger partial charge in [-0.1, -0.05) is 12.1 Å². The molecule has 0 radical (unpaired) electrons. The van der Waals surface area contributed by atoms with Crippen LogP contribution in [0.1, 0.15) is 5.56 Å². The zero-order valence-electron chi connectivity index (χ0n) is 14.1. The van der Waals surface area contributed by atoms with Gasteiger partial charge in [0.15, 0.2) is 0 Å². The Hall–Kier alpha value is -3.15. The fourth-order valence-corrected chi connectivity index (χ4v) is 6.00. The molecule has 2 aromatic heterocycles. The molecular formula is C20H10F2N2O2S2. The van der Waals surface area contributed by atoms with E-state index < -0.39 is 21.5 Å². The third-order valence-electron chi connectivity index (χ3n) is 4.12. The summed E-state index contributed by atoms with van der Waals surface area (Å²) in [5.74, 6) is -1.27. The zero-order chi connectivity index (χ0) is 19.9. The SMILES string of the molecule is N#Cc1cc(F)cc(S(=O)(=O)c2sc3ncccc3c2-c2ccc(F)cc2)c1. The van der Waals surface area contributed by atoms with E-state index in [4.69, 9.17) is 5.26 Å². The van der Waals surface area contributed by atoms with Gasteiger partial charge in [-0.15, -0.1) is 11.3 Å². The summed E-state index contributed by atoms with van der Waals surface area (Å²) in [6.07, 6.45) is 1.54. The van der Waals surface area contributed by atoms with Gasteiger partial charge in [0.2, 0.25) is 9.84 Å².